The van der Waals surface area contributed by atoms with Gasteiger partial charge in [0.25, 0.3) is 0 Å². The van der Waals surface area contributed by atoms with Crippen LogP contribution in [0.4, 0.5) is 15.3 Å². The van der Waals surface area contributed by atoms with Crippen molar-refractivity contribution in [1.82, 2.24) is 10.6 Å². The number of benzene rings is 1. The second kappa shape index (κ2) is 8.13. The Bertz CT molecular complexity index is 1100. The molecule has 2 aliphatic carbocycles. The molecule has 12 heteroatoms. The minimum atomic E-state index is -1.72. The van der Waals surface area contributed by atoms with Crippen LogP contribution in [0.2, 0.25) is 0 Å². The van der Waals surface area contributed by atoms with E-state index in [1.165, 1.54) is 30.4 Å². The number of rotatable bonds is 7. The zero-order valence-electron chi connectivity index (χ0n) is 16.8. The van der Waals surface area contributed by atoms with E-state index in [4.69, 9.17) is 17.0 Å². The molecule has 0 fully saturated rings. The molecule has 0 saturated heterocycles. The monoisotopic (exact) mass is 442 g/mol. The third-order valence-electron chi connectivity index (χ3n) is 5.84. The number of amides is 4. The van der Waals surface area contributed by atoms with Crippen LogP contribution in [-0.2, 0) is 20.7 Å². The van der Waals surface area contributed by atoms with E-state index in [1.807, 2.05) is 0 Å². The number of hydrogen-bond acceptors (Lipinski definition) is 6. The highest BCUT2D eigenvalue weighted by molar-refractivity contribution is 5.95. The Kier molecular flexibility index (Phi) is 5.71. The second-order valence-electron chi connectivity index (χ2n) is 7.52. The quantitative estimate of drug-likeness (QED) is 0.311. The Morgan fingerprint density at radius 1 is 0.906 bits per heavy atom. The molecule has 1 aromatic rings. The van der Waals surface area contributed by atoms with Gasteiger partial charge in [-0.2, -0.15) is 5.11 Å². The van der Waals surface area contributed by atoms with Gasteiger partial charge in [0.1, 0.15) is 5.54 Å². The number of nitrogens with two attached hydrogens (primary N) is 2. The van der Waals surface area contributed by atoms with Gasteiger partial charge in [-0.1, -0.05) is 24.3 Å². The minimum Gasteiger partial charge on any atom is -0.478 e. The molecule has 1 aromatic carbocycles. The third-order valence-corrected chi connectivity index (χ3v) is 5.84. The molecule has 0 saturated carbocycles. The fraction of sp³-hybridized carbons (Fsp3) is 0.300. The van der Waals surface area contributed by atoms with Gasteiger partial charge >= 0.3 is 24.0 Å². The van der Waals surface area contributed by atoms with Crippen LogP contribution in [0, 0.1) is 5.53 Å². The molecule has 168 valence electrons. The van der Waals surface area contributed by atoms with Crippen molar-refractivity contribution in [3.05, 3.63) is 52.6 Å². The standard InChI is InChI=1S/C20H22N6O6/c21-17(31)24-19(8-2-5-11(19)15(27)28)10-4-1-7-13(26-23)14(10)20(25-18(22)32)9-3-6-12(20)16(29)30/h1,4-7,23H,2-3,8-9H2,(H,27,28)(H,29,30)(H3,21,24,31)(H3,22,25,32). The summed E-state index contributed by atoms with van der Waals surface area (Å²) in [6.07, 6.45) is 3.55. The van der Waals surface area contributed by atoms with Gasteiger partial charge in [0.05, 0.1) is 22.4 Å². The van der Waals surface area contributed by atoms with E-state index in [0.29, 0.717) is 0 Å². The molecule has 12 nitrogen and oxygen atoms in total. The Labute approximate surface area is 181 Å². The first-order chi connectivity index (χ1) is 15.1. The Morgan fingerprint density at radius 3 is 1.91 bits per heavy atom. The summed E-state index contributed by atoms with van der Waals surface area (Å²) in [6.45, 7) is 0. The number of nitrogens with zero attached hydrogens (tertiary/aromatic N) is 1. The lowest BCUT2D eigenvalue weighted by Crippen LogP contribution is -2.54. The van der Waals surface area contributed by atoms with Crippen molar-refractivity contribution in [2.45, 2.75) is 36.8 Å². The van der Waals surface area contributed by atoms with Gasteiger partial charge in [-0.3, -0.25) is 0 Å². The molecule has 32 heavy (non-hydrogen) atoms. The number of primary amides is 2. The normalized spacial score (nSPS) is 24.2. The fourth-order valence-corrected chi connectivity index (χ4v) is 4.81. The maximum Gasteiger partial charge on any atom is 0.334 e. The summed E-state index contributed by atoms with van der Waals surface area (Å²) in [5.41, 5.74) is 14.9. The summed E-state index contributed by atoms with van der Waals surface area (Å²) < 4.78 is 0. The molecule has 4 amide bonds. The van der Waals surface area contributed by atoms with Gasteiger partial charge in [-0.25, -0.2) is 24.7 Å². The van der Waals surface area contributed by atoms with Gasteiger partial charge < -0.3 is 32.3 Å². The summed E-state index contributed by atoms with van der Waals surface area (Å²) >= 11 is 0. The van der Waals surface area contributed by atoms with Crippen LogP contribution in [0.1, 0.15) is 36.8 Å². The van der Waals surface area contributed by atoms with E-state index in [2.05, 4.69) is 15.7 Å². The smallest absolute Gasteiger partial charge is 0.334 e. The SMILES string of the molecule is N=Nc1cccc(C2(NC(N)=O)CCC=C2C(=O)O)c1C1(NC(N)=O)CCC=C1C(=O)O. The number of allylic oxidation sites excluding steroid dienone is 2. The average molecular weight is 442 g/mol. The molecule has 2 aliphatic rings. The highest BCUT2D eigenvalue weighted by atomic mass is 16.4. The van der Waals surface area contributed by atoms with Crippen LogP contribution < -0.4 is 22.1 Å². The number of carbonyl (C=O) groups excluding carboxylic acids is 2. The minimum absolute atomic E-state index is 0.0208. The molecule has 0 aliphatic heterocycles. The summed E-state index contributed by atoms with van der Waals surface area (Å²) in [5.74, 6) is -2.65. The number of hydrogen-bond donors (Lipinski definition) is 7. The highest BCUT2D eigenvalue weighted by Gasteiger charge is 2.52. The van der Waals surface area contributed by atoms with Crippen molar-refractivity contribution in [2.75, 3.05) is 0 Å². The summed E-state index contributed by atoms with van der Waals surface area (Å²) in [4.78, 5) is 48.1. The number of nitrogens with one attached hydrogen (secondary N) is 3. The van der Waals surface area contributed by atoms with Crippen LogP contribution in [0.5, 0.6) is 0 Å². The van der Waals surface area contributed by atoms with Gasteiger partial charge in [-0.05, 0) is 37.3 Å². The second-order valence-corrected chi connectivity index (χ2v) is 7.52. The van der Waals surface area contributed by atoms with E-state index in [1.54, 1.807) is 0 Å². The first kappa shape index (κ1) is 22.5. The van der Waals surface area contributed by atoms with Gasteiger partial charge in [-0.15, -0.1) is 0 Å². The molecule has 2 unspecified atom stereocenters. The van der Waals surface area contributed by atoms with Crippen LogP contribution in [-0.4, -0.2) is 34.2 Å². The largest absolute Gasteiger partial charge is 0.478 e. The molecule has 0 radical (unpaired) electrons. The van der Waals surface area contributed by atoms with Crippen LogP contribution in [0.3, 0.4) is 0 Å². The van der Waals surface area contributed by atoms with Gasteiger partial charge in [0.15, 0.2) is 0 Å². The summed E-state index contributed by atoms with van der Waals surface area (Å²) in [5, 5.41) is 28.2. The lowest BCUT2D eigenvalue weighted by molar-refractivity contribution is -0.134. The van der Waals surface area contributed by atoms with E-state index >= 15 is 0 Å². The maximum absolute atomic E-state index is 12.1. The van der Waals surface area contributed by atoms with Crippen molar-refractivity contribution in [3.63, 3.8) is 0 Å². The number of carboxylic acids is 2. The molecular formula is C20H22N6O6. The van der Waals surface area contributed by atoms with Crippen molar-refractivity contribution >= 4 is 29.7 Å². The first-order valence-electron chi connectivity index (χ1n) is 9.63. The third kappa shape index (κ3) is 3.45. The Morgan fingerprint density at radius 2 is 1.41 bits per heavy atom. The Balaban J connectivity index is 2.43. The topological polar surface area (TPSA) is 221 Å². The maximum atomic E-state index is 12.1. The fourth-order valence-electron chi connectivity index (χ4n) is 4.81. The van der Waals surface area contributed by atoms with Crippen molar-refractivity contribution in [1.29, 1.82) is 5.53 Å². The molecule has 0 bridgehead atoms. The number of aliphatic carboxylic acids is 2. The van der Waals surface area contributed by atoms with Crippen LogP contribution in [0.25, 0.3) is 0 Å². The van der Waals surface area contributed by atoms with Gasteiger partial charge in [0, 0.05) is 5.56 Å². The number of carboxylic acid groups (broad SMARTS) is 2. The van der Waals surface area contributed by atoms with E-state index in [9.17, 15) is 29.4 Å². The predicted molar refractivity (Wildman–Crippen MR) is 110 cm³/mol. The van der Waals surface area contributed by atoms with E-state index in [0.717, 1.165) is 0 Å². The molecule has 2 atom stereocenters. The summed E-state index contributed by atoms with van der Waals surface area (Å²) in [7, 11) is 0. The molecule has 3 rings (SSSR count). The molecule has 0 heterocycles. The van der Waals surface area contributed by atoms with E-state index < -0.39 is 35.1 Å². The van der Waals surface area contributed by atoms with Crippen molar-refractivity contribution < 1.29 is 29.4 Å². The zero-order valence-corrected chi connectivity index (χ0v) is 16.8. The first-order valence-corrected chi connectivity index (χ1v) is 9.63. The summed E-state index contributed by atoms with van der Waals surface area (Å²) in [6, 6.07) is 2.37. The lowest BCUT2D eigenvalue weighted by Gasteiger charge is -2.40. The molecule has 0 aromatic heterocycles. The highest BCUT2D eigenvalue weighted by Crippen LogP contribution is 2.51. The van der Waals surface area contributed by atoms with Crippen LogP contribution >= 0.6 is 0 Å². The van der Waals surface area contributed by atoms with E-state index in [-0.39, 0.29) is 53.6 Å². The zero-order chi connectivity index (χ0) is 23.7. The van der Waals surface area contributed by atoms with Crippen LogP contribution in [0.15, 0.2) is 46.6 Å². The number of carbonyl (C=O) groups is 4. The molecule has 0 spiro atoms. The lowest BCUT2D eigenvalue weighted by atomic mass is 9.72. The molecular weight excluding hydrogens is 420 g/mol. The Hall–Kier alpha value is -4.22. The van der Waals surface area contributed by atoms with Crippen molar-refractivity contribution in [2.24, 2.45) is 16.6 Å². The average Bonchev–Trinajstić information content (AvgIpc) is 3.32. The molecule has 9 N–H and O–H groups in total. The van der Waals surface area contributed by atoms with Crippen molar-refractivity contribution in [3.8, 4) is 0 Å². The van der Waals surface area contributed by atoms with Gasteiger partial charge in [0.2, 0.25) is 0 Å². The number of urea groups is 2. The predicted octanol–water partition coefficient (Wildman–Crippen LogP) is 1.69.